The number of benzene rings is 1. The van der Waals surface area contributed by atoms with Crippen LogP contribution in [0.5, 0.6) is 5.75 Å². The Morgan fingerprint density at radius 3 is 2.89 bits per heavy atom. The molecule has 0 aliphatic heterocycles. The largest absolute Gasteiger partial charge is 0.497 e. The number of carbonyl (C=O) groups is 1. The van der Waals surface area contributed by atoms with Crippen molar-refractivity contribution < 1.29 is 14.6 Å². The summed E-state index contributed by atoms with van der Waals surface area (Å²) >= 11 is 0. The van der Waals surface area contributed by atoms with E-state index in [1.54, 1.807) is 18.2 Å². The first-order valence-corrected chi connectivity index (χ1v) is 5.22. The lowest BCUT2D eigenvalue weighted by atomic mass is 10.1. The third-order valence-electron chi connectivity index (χ3n) is 2.52. The molecule has 1 aromatic heterocycles. The molecule has 5 nitrogen and oxygen atoms in total. The van der Waals surface area contributed by atoms with Crippen LogP contribution in [0, 0.1) is 0 Å². The van der Waals surface area contributed by atoms with Gasteiger partial charge in [0.2, 0.25) is 0 Å². The van der Waals surface area contributed by atoms with Gasteiger partial charge in [0, 0.05) is 28.7 Å². The minimum atomic E-state index is -1.10. The van der Waals surface area contributed by atoms with Gasteiger partial charge in [-0.15, -0.1) is 0 Å². The molecular weight excluding hydrogens is 234 g/mol. The molecule has 0 bridgehead atoms. The summed E-state index contributed by atoms with van der Waals surface area (Å²) in [7, 11) is 1.52. The molecule has 18 heavy (non-hydrogen) atoms. The summed E-state index contributed by atoms with van der Waals surface area (Å²) in [5.41, 5.74) is 0.728. The van der Waals surface area contributed by atoms with Crippen LogP contribution in [0.15, 0.2) is 35.3 Å². The number of H-pyrrole nitrogens is 1. The molecule has 2 rings (SSSR count). The lowest BCUT2D eigenvalue weighted by Gasteiger charge is -2.03. The second-order valence-corrected chi connectivity index (χ2v) is 3.66. The number of carboxylic acid groups (broad SMARTS) is 1. The SMILES string of the molecule is COc1ccc2[nH]cc(C=CC(=O)O)c(=O)c2c1. The lowest BCUT2D eigenvalue weighted by Crippen LogP contribution is -2.07. The van der Waals surface area contributed by atoms with E-state index in [0.717, 1.165) is 6.08 Å². The van der Waals surface area contributed by atoms with Gasteiger partial charge in [-0.1, -0.05) is 0 Å². The van der Waals surface area contributed by atoms with Crippen molar-refractivity contribution in [3.8, 4) is 5.75 Å². The fourth-order valence-electron chi connectivity index (χ4n) is 1.63. The maximum absolute atomic E-state index is 12.1. The maximum Gasteiger partial charge on any atom is 0.328 e. The predicted octanol–water partition coefficient (Wildman–Crippen LogP) is 1.63. The zero-order valence-corrected chi connectivity index (χ0v) is 9.64. The molecule has 0 amide bonds. The summed E-state index contributed by atoms with van der Waals surface area (Å²) in [5, 5.41) is 9.00. The highest BCUT2D eigenvalue weighted by Crippen LogP contribution is 2.16. The van der Waals surface area contributed by atoms with Crippen molar-refractivity contribution in [2.24, 2.45) is 0 Å². The molecule has 2 aromatic rings. The van der Waals surface area contributed by atoms with Crippen molar-refractivity contribution in [2.75, 3.05) is 7.11 Å². The van der Waals surface area contributed by atoms with Crippen molar-refractivity contribution in [1.82, 2.24) is 4.98 Å². The molecule has 0 fully saturated rings. The van der Waals surface area contributed by atoms with E-state index in [1.807, 2.05) is 0 Å². The van der Waals surface area contributed by atoms with Gasteiger partial charge in [-0.25, -0.2) is 4.79 Å². The quantitative estimate of drug-likeness (QED) is 0.805. The Bertz CT molecular complexity index is 685. The number of fused-ring (bicyclic) bond motifs is 1. The highest BCUT2D eigenvalue weighted by atomic mass is 16.5. The summed E-state index contributed by atoms with van der Waals surface area (Å²) < 4.78 is 5.05. The molecule has 0 spiro atoms. The number of aromatic nitrogens is 1. The van der Waals surface area contributed by atoms with Crippen LogP contribution in [0.2, 0.25) is 0 Å². The van der Waals surface area contributed by atoms with E-state index < -0.39 is 5.97 Å². The number of ether oxygens (including phenoxy) is 1. The molecule has 5 heteroatoms. The van der Waals surface area contributed by atoms with Gasteiger partial charge < -0.3 is 14.8 Å². The van der Waals surface area contributed by atoms with Crippen LogP contribution >= 0.6 is 0 Å². The van der Waals surface area contributed by atoms with Crippen molar-refractivity contribution in [3.05, 3.63) is 46.3 Å². The highest BCUT2D eigenvalue weighted by Gasteiger charge is 2.04. The Kier molecular flexibility index (Phi) is 3.14. The Labute approximate surface area is 102 Å². The van der Waals surface area contributed by atoms with Gasteiger partial charge in [0.05, 0.1) is 7.11 Å². The highest BCUT2D eigenvalue weighted by molar-refractivity contribution is 5.87. The number of methoxy groups -OCH3 is 1. The third kappa shape index (κ3) is 2.24. The van der Waals surface area contributed by atoms with Gasteiger partial charge >= 0.3 is 5.97 Å². The van der Waals surface area contributed by atoms with Gasteiger partial charge in [-0.05, 0) is 24.3 Å². The number of carboxylic acids is 1. The Morgan fingerprint density at radius 1 is 1.44 bits per heavy atom. The Morgan fingerprint density at radius 2 is 2.22 bits per heavy atom. The van der Waals surface area contributed by atoms with Gasteiger partial charge in [-0.2, -0.15) is 0 Å². The number of hydrogen-bond donors (Lipinski definition) is 2. The van der Waals surface area contributed by atoms with Crippen LogP contribution in [0.4, 0.5) is 0 Å². The third-order valence-corrected chi connectivity index (χ3v) is 2.52. The van der Waals surface area contributed by atoms with E-state index in [4.69, 9.17) is 9.84 Å². The van der Waals surface area contributed by atoms with Crippen LogP contribution in [0.25, 0.3) is 17.0 Å². The smallest absolute Gasteiger partial charge is 0.328 e. The average molecular weight is 245 g/mol. The second kappa shape index (κ2) is 4.75. The van der Waals surface area contributed by atoms with Crippen LogP contribution < -0.4 is 10.2 Å². The Hall–Kier alpha value is -2.56. The minimum Gasteiger partial charge on any atom is -0.497 e. The first kappa shape index (κ1) is 11.9. The molecule has 0 saturated heterocycles. The fourth-order valence-corrected chi connectivity index (χ4v) is 1.63. The maximum atomic E-state index is 12.1. The topological polar surface area (TPSA) is 79.4 Å². The summed E-state index contributed by atoms with van der Waals surface area (Å²) in [4.78, 5) is 25.5. The van der Waals surface area contributed by atoms with Crippen LogP contribution in [0.3, 0.4) is 0 Å². The van der Waals surface area contributed by atoms with Gasteiger partial charge in [0.15, 0.2) is 5.43 Å². The zero-order valence-electron chi connectivity index (χ0n) is 9.64. The molecule has 2 N–H and O–H groups in total. The van der Waals surface area contributed by atoms with Gasteiger partial charge in [0.25, 0.3) is 0 Å². The molecule has 0 radical (unpaired) electrons. The number of pyridine rings is 1. The number of rotatable bonds is 3. The van der Waals surface area contributed by atoms with Gasteiger partial charge in [-0.3, -0.25) is 4.79 Å². The molecule has 0 unspecified atom stereocenters. The summed E-state index contributed by atoms with van der Waals surface area (Å²) in [6, 6.07) is 5.09. The summed E-state index contributed by atoms with van der Waals surface area (Å²) in [6.45, 7) is 0. The number of hydrogen-bond acceptors (Lipinski definition) is 3. The zero-order chi connectivity index (χ0) is 13.1. The van der Waals surface area contributed by atoms with Crippen molar-refractivity contribution in [2.45, 2.75) is 0 Å². The normalized spacial score (nSPS) is 10.9. The molecule has 0 saturated carbocycles. The molecular formula is C13H11NO4. The first-order valence-electron chi connectivity index (χ1n) is 5.22. The Balaban J connectivity index is 2.62. The molecule has 0 atom stereocenters. The van der Waals surface area contributed by atoms with E-state index in [-0.39, 0.29) is 11.0 Å². The van der Waals surface area contributed by atoms with Crippen molar-refractivity contribution in [1.29, 1.82) is 0 Å². The monoisotopic (exact) mass is 245 g/mol. The summed E-state index contributed by atoms with van der Waals surface area (Å²) in [6.07, 6.45) is 3.67. The van der Waals surface area contributed by atoms with Crippen LogP contribution in [0.1, 0.15) is 5.56 Å². The molecule has 1 aromatic carbocycles. The molecule has 1 heterocycles. The fraction of sp³-hybridized carbons (Fsp3) is 0.0769. The molecule has 0 aliphatic rings. The first-order chi connectivity index (χ1) is 8.61. The average Bonchev–Trinajstić information content (AvgIpc) is 2.37. The van der Waals surface area contributed by atoms with E-state index in [2.05, 4.69) is 4.98 Å². The number of aromatic amines is 1. The van der Waals surface area contributed by atoms with E-state index in [1.165, 1.54) is 19.4 Å². The minimum absolute atomic E-state index is 0.236. The van der Waals surface area contributed by atoms with E-state index >= 15 is 0 Å². The van der Waals surface area contributed by atoms with E-state index in [9.17, 15) is 9.59 Å². The molecule has 0 aliphatic carbocycles. The van der Waals surface area contributed by atoms with Crippen LogP contribution in [-0.2, 0) is 4.79 Å². The molecule has 92 valence electrons. The second-order valence-electron chi connectivity index (χ2n) is 3.66. The van der Waals surface area contributed by atoms with E-state index in [0.29, 0.717) is 16.7 Å². The predicted molar refractivity (Wildman–Crippen MR) is 67.8 cm³/mol. The summed E-state index contributed by atoms with van der Waals surface area (Å²) in [5.74, 6) is -0.521. The van der Waals surface area contributed by atoms with Crippen LogP contribution in [-0.4, -0.2) is 23.2 Å². The van der Waals surface area contributed by atoms with Gasteiger partial charge in [0.1, 0.15) is 5.75 Å². The number of aliphatic carboxylic acids is 1. The van der Waals surface area contributed by atoms with Crippen molar-refractivity contribution >= 4 is 22.9 Å². The number of nitrogens with one attached hydrogen (secondary N) is 1. The lowest BCUT2D eigenvalue weighted by molar-refractivity contribution is -0.131. The standard InChI is InChI=1S/C13H11NO4/c1-18-9-3-4-11-10(6-9)13(17)8(7-14-11)2-5-12(15)16/h2-7H,1H3,(H,14,17)(H,15,16). The van der Waals surface area contributed by atoms with Crippen molar-refractivity contribution in [3.63, 3.8) is 0 Å².